The molecule has 1 N–H and O–H groups in total. The zero-order chi connectivity index (χ0) is 22.2. The van der Waals surface area contributed by atoms with Crippen LogP contribution in [-0.4, -0.2) is 15.7 Å². The van der Waals surface area contributed by atoms with Crippen LogP contribution in [0.2, 0.25) is 0 Å². The Labute approximate surface area is 197 Å². The third kappa shape index (κ3) is 4.54. The van der Waals surface area contributed by atoms with Crippen LogP contribution in [0.1, 0.15) is 58.8 Å². The third-order valence-corrected chi connectivity index (χ3v) is 6.28. The number of aromatic nitrogens is 2. The molecule has 3 nitrogen and oxygen atoms in total. The van der Waals surface area contributed by atoms with Crippen molar-refractivity contribution in [2.24, 2.45) is 10.9 Å². The molecule has 3 heteroatoms. The van der Waals surface area contributed by atoms with Gasteiger partial charge in [-0.15, -0.1) is 0 Å². The van der Waals surface area contributed by atoms with E-state index in [0.29, 0.717) is 11.8 Å². The monoisotopic (exact) mass is 435 g/mol. The van der Waals surface area contributed by atoms with E-state index in [9.17, 15) is 0 Å². The molecule has 0 aliphatic carbocycles. The van der Waals surface area contributed by atoms with Crippen molar-refractivity contribution in [3.05, 3.63) is 84.3 Å². The van der Waals surface area contributed by atoms with E-state index in [0.717, 1.165) is 23.3 Å². The topological polar surface area (TPSA) is 41.0 Å². The van der Waals surface area contributed by atoms with Crippen LogP contribution in [-0.2, 0) is 0 Å². The highest BCUT2D eigenvalue weighted by Crippen LogP contribution is 2.30. The molecule has 1 aliphatic heterocycles. The minimum atomic E-state index is 0. The Bertz CT molecular complexity index is 1320. The van der Waals surface area contributed by atoms with E-state index in [1.54, 1.807) is 0 Å². The Morgan fingerprint density at radius 1 is 0.697 bits per heavy atom. The van der Waals surface area contributed by atoms with Crippen molar-refractivity contribution in [2.75, 3.05) is 0 Å². The Hall–Kier alpha value is -3.46. The summed E-state index contributed by atoms with van der Waals surface area (Å²) in [6.45, 7) is 8.73. The minimum Gasteiger partial charge on any atom is -0.342 e. The average molecular weight is 436 g/mol. The number of benzene rings is 3. The Morgan fingerprint density at radius 3 is 1.79 bits per heavy atom. The number of allylic oxidation sites excluding steroid dienone is 1. The van der Waals surface area contributed by atoms with Gasteiger partial charge in [-0.3, -0.25) is 4.99 Å². The van der Waals surface area contributed by atoms with Gasteiger partial charge >= 0.3 is 0 Å². The third-order valence-electron chi connectivity index (χ3n) is 6.28. The van der Waals surface area contributed by atoms with E-state index in [1.165, 1.54) is 39.1 Å². The van der Waals surface area contributed by atoms with Crippen LogP contribution in [0.5, 0.6) is 0 Å². The van der Waals surface area contributed by atoms with E-state index in [2.05, 4.69) is 109 Å². The Balaban J connectivity index is 0.00000259. The summed E-state index contributed by atoms with van der Waals surface area (Å²) in [5, 5.41) is 0. The summed E-state index contributed by atoms with van der Waals surface area (Å²) in [6, 6.07) is 24.1. The summed E-state index contributed by atoms with van der Waals surface area (Å²) in [7, 11) is 0. The van der Waals surface area contributed by atoms with Crippen molar-refractivity contribution >= 4 is 22.3 Å². The summed E-state index contributed by atoms with van der Waals surface area (Å²) in [4.78, 5) is 12.7. The van der Waals surface area contributed by atoms with E-state index in [-0.39, 0.29) is 7.43 Å². The van der Waals surface area contributed by atoms with Crippen LogP contribution in [0.3, 0.4) is 0 Å². The number of H-pyrrole nitrogens is 1. The summed E-state index contributed by atoms with van der Waals surface area (Å²) in [5.74, 6) is 1.94. The van der Waals surface area contributed by atoms with Gasteiger partial charge < -0.3 is 4.98 Å². The van der Waals surface area contributed by atoms with E-state index in [4.69, 9.17) is 0 Å². The fraction of sp³-hybridized carbons (Fsp3) is 0.267. The molecule has 5 rings (SSSR count). The van der Waals surface area contributed by atoms with Gasteiger partial charge in [-0.1, -0.05) is 89.7 Å². The van der Waals surface area contributed by atoms with Crippen LogP contribution in [0.25, 0.3) is 38.9 Å². The largest absolute Gasteiger partial charge is 0.342 e. The standard InChI is InChI=1S/C29H29N3.CH4/c1-18(2)27-16-25(17-30-27)23-11-7-21(8-12-23)20-5-9-22(10-6-20)24-13-14-26-28(15-24)32-29(31-26)19(3)4;/h5-15,17-19H,16H2,1-4H3,(H,31,32);1H4. The minimum absolute atomic E-state index is 0. The molecule has 0 atom stereocenters. The van der Waals surface area contributed by atoms with Gasteiger partial charge in [-0.2, -0.15) is 0 Å². The quantitative estimate of drug-likeness (QED) is 0.335. The molecule has 0 saturated heterocycles. The molecule has 33 heavy (non-hydrogen) atoms. The number of aliphatic imine (C=N–C) groups is 1. The first-order valence-electron chi connectivity index (χ1n) is 11.4. The maximum Gasteiger partial charge on any atom is 0.109 e. The maximum atomic E-state index is 4.68. The molecule has 0 amide bonds. The number of hydrogen-bond acceptors (Lipinski definition) is 2. The number of imidazole rings is 1. The zero-order valence-electron chi connectivity index (χ0n) is 19.2. The molecule has 2 heterocycles. The molecule has 0 saturated carbocycles. The lowest BCUT2D eigenvalue weighted by Gasteiger charge is -2.08. The van der Waals surface area contributed by atoms with Gasteiger partial charge in [-0.05, 0) is 51.4 Å². The predicted molar refractivity (Wildman–Crippen MR) is 143 cm³/mol. The number of hydrogen-bond donors (Lipinski definition) is 1. The van der Waals surface area contributed by atoms with Gasteiger partial charge in [0.2, 0.25) is 0 Å². The molecule has 4 aromatic rings. The molecule has 1 aromatic heterocycles. The predicted octanol–water partition coefficient (Wildman–Crippen LogP) is 8.50. The van der Waals surface area contributed by atoms with Crippen LogP contribution in [0, 0.1) is 5.92 Å². The normalized spacial score (nSPS) is 13.4. The van der Waals surface area contributed by atoms with E-state index < -0.39 is 0 Å². The lowest BCUT2D eigenvalue weighted by molar-refractivity contribution is 0.799. The highest BCUT2D eigenvalue weighted by Gasteiger charge is 2.15. The summed E-state index contributed by atoms with van der Waals surface area (Å²) < 4.78 is 0. The first-order chi connectivity index (χ1) is 15.5. The van der Waals surface area contributed by atoms with Crippen molar-refractivity contribution in [1.29, 1.82) is 0 Å². The molecular weight excluding hydrogens is 402 g/mol. The molecule has 0 radical (unpaired) electrons. The second kappa shape index (κ2) is 9.19. The van der Waals surface area contributed by atoms with E-state index in [1.807, 2.05) is 6.20 Å². The van der Waals surface area contributed by atoms with Crippen LogP contribution < -0.4 is 0 Å². The Kier molecular flexibility index (Phi) is 6.33. The summed E-state index contributed by atoms with van der Waals surface area (Å²) >= 11 is 0. The van der Waals surface area contributed by atoms with Crippen LogP contribution in [0.4, 0.5) is 0 Å². The van der Waals surface area contributed by atoms with Crippen molar-refractivity contribution in [1.82, 2.24) is 9.97 Å². The molecule has 168 valence electrons. The van der Waals surface area contributed by atoms with Gasteiger partial charge in [0.05, 0.1) is 11.0 Å². The fourth-order valence-electron chi connectivity index (χ4n) is 4.19. The highest BCUT2D eigenvalue weighted by atomic mass is 14.9. The van der Waals surface area contributed by atoms with Crippen molar-refractivity contribution < 1.29 is 0 Å². The molecule has 3 aromatic carbocycles. The molecule has 1 aliphatic rings. The SMILES string of the molecule is C.CC(C)C1=NC=C(c2ccc(-c3ccc(-c4ccc5nc(C(C)C)[nH]c5c4)cc3)cc2)C1. The first-order valence-corrected chi connectivity index (χ1v) is 11.4. The molecule has 0 bridgehead atoms. The lowest BCUT2D eigenvalue weighted by atomic mass is 9.95. The first kappa shape index (κ1) is 22.7. The average Bonchev–Trinajstić information content (AvgIpc) is 3.47. The highest BCUT2D eigenvalue weighted by molar-refractivity contribution is 5.99. The van der Waals surface area contributed by atoms with Gasteiger partial charge in [-0.25, -0.2) is 4.98 Å². The van der Waals surface area contributed by atoms with Gasteiger partial charge in [0, 0.05) is 24.3 Å². The van der Waals surface area contributed by atoms with Crippen LogP contribution in [0.15, 0.2) is 77.9 Å². The Morgan fingerprint density at radius 2 is 1.24 bits per heavy atom. The van der Waals surface area contributed by atoms with Crippen molar-refractivity contribution in [3.8, 4) is 22.3 Å². The van der Waals surface area contributed by atoms with Crippen molar-refractivity contribution in [2.45, 2.75) is 47.5 Å². The van der Waals surface area contributed by atoms with Crippen molar-refractivity contribution in [3.63, 3.8) is 0 Å². The van der Waals surface area contributed by atoms with E-state index >= 15 is 0 Å². The van der Waals surface area contributed by atoms with Gasteiger partial charge in [0.25, 0.3) is 0 Å². The van der Waals surface area contributed by atoms with Gasteiger partial charge in [0.1, 0.15) is 5.82 Å². The molecule has 0 spiro atoms. The lowest BCUT2D eigenvalue weighted by Crippen LogP contribution is -2.04. The molecular formula is C30H33N3. The second-order valence-corrected chi connectivity index (χ2v) is 9.27. The molecule has 0 fully saturated rings. The second-order valence-electron chi connectivity index (χ2n) is 9.27. The smallest absolute Gasteiger partial charge is 0.109 e. The maximum absolute atomic E-state index is 4.68. The van der Waals surface area contributed by atoms with Crippen LogP contribution >= 0.6 is 0 Å². The number of nitrogens with one attached hydrogen (secondary N) is 1. The number of rotatable bonds is 5. The fourth-order valence-corrected chi connectivity index (χ4v) is 4.19. The number of nitrogens with zero attached hydrogens (tertiary/aromatic N) is 2. The number of aromatic amines is 1. The number of fused-ring (bicyclic) bond motifs is 1. The summed E-state index contributed by atoms with van der Waals surface area (Å²) in [5.41, 5.74) is 10.8. The molecule has 0 unspecified atom stereocenters. The zero-order valence-corrected chi connectivity index (χ0v) is 19.2. The van der Waals surface area contributed by atoms with Gasteiger partial charge in [0.15, 0.2) is 0 Å². The summed E-state index contributed by atoms with van der Waals surface area (Å²) in [6.07, 6.45) is 2.99.